The second-order valence-corrected chi connectivity index (χ2v) is 4.95. The van der Waals surface area contributed by atoms with Crippen molar-refractivity contribution in [2.45, 2.75) is 19.4 Å². The Morgan fingerprint density at radius 3 is 3.10 bits per heavy atom. The molecule has 1 fully saturated rings. The van der Waals surface area contributed by atoms with Gasteiger partial charge < -0.3 is 20.1 Å². The minimum Gasteiger partial charge on any atom is -0.492 e. The van der Waals surface area contributed by atoms with E-state index in [4.69, 9.17) is 21.1 Å². The third-order valence-electron chi connectivity index (χ3n) is 2.88. The van der Waals surface area contributed by atoms with Gasteiger partial charge in [0, 0.05) is 18.8 Å². The first-order valence-corrected chi connectivity index (χ1v) is 7.14. The fraction of sp³-hybridized carbons (Fsp3) is 0.500. The van der Waals surface area contributed by atoms with Crippen LogP contribution in [0.3, 0.4) is 0 Å². The highest BCUT2D eigenvalue weighted by atomic mass is 35.5. The molecule has 1 aliphatic heterocycles. The fourth-order valence-electron chi connectivity index (χ4n) is 1.86. The second kappa shape index (κ2) is 7.47. The Bertz CT molecular complexity index is 462. The van der Waals surface area contributed by atoms with Gasteiger partial charge in [0.2, 0.25) is 0 Å². The lowest BCUT2D eigenvalue weighted by Gasteiger charge is -2.22. The Labute approximate surface area is 123 Å². The molecule has 20 heavy (non-hydrogen) atoms. The summed E-state index contributed by atoms with van der Waals surface area (Å²) in [4.78, 5) is 12.0. The van der Waals surface area contributed by atoms with Gasteiger partial charge in [0.25, 0.3) is 5.91 Å². The van der Waals surface area contributed by atoms with Crippen molar-refractivity contribution in [3.05, 3.63) is 23.2 Å². The topological polar surface area (TPSA) is 59.6 Å². The van der Waals surface area contributed by atoms with E-state index in [1.165, 1.54) is 0 Å². The van der Waals surface area contributed by atoms with E-state index in [0.29, 0.717) is 36.2 Å². The average molecular weight is 299 g/mol. The first kappa shape index (κ1) is 15.1. The molecule has 1 unspecified atom stereocenters. The lowest BCUT2D eigenvalue weighted by molar-refractivity contribution is -0.128. The summed E-state index contributed by atoms with van der Waals surface area (Å²) in [5.41, 5.74) is 0.637. The van der Waals surface area contributed by atoms with Crippen LogP contribution >= 0.6 is 11.6 Å². The molecule has 0 radical (unpaired) electrons. The number of nitrogens with one attached hydrogen (secondary N) is 2. The zero-order valence-electron chi connectivity index (χ0n) is 11.4. The number of carbonyl (C=O) groups is 1. The molecule has 1 atom stereocenters. The summed E-state index contributed by atoms with van der Waals surface area (Å²) in [6.07, 6.45) is 0.458. The number of ether oxygens (including phenoxy) is 2. The van der Waals surface area contributed by atoms with Crippen LogP contribution in [-0.2, 0) is 9.53 Å². The van der Waals surface area contributed by atoms with E-state index in [2.05, 4.69) is 10.6 Å². The smallest absolute Gasteiger partial charge is 0.254 e. The largest absolute Gasteiger partial charge is 0.492 e. The highest BCUT2D eigenvalue weighted by Gasteiger charge is 2.21. The summed E-state index contributed by atoms with van der Waals surface area (Å²) >= 11 is 6.11. The summed E-state index contributed by atoms with van der Waals surface area (Å²) < 4.78 is 10.9. The number of carbonyl (C=O) groups excluding carboxylic acids is 1. The highest BCUT2D eigenvalue weighted by Crippen LogP contribution is 2.27. The summed E-state index contributed by atoms with van der Waals surface area (Å²) in [7, 11) is 0. The number of benzene rings is 1. The molecule has 0 saturated carbocycles. The van der Waals surface area contributed by atoms with Gasteiger partial charge in [-0.05, 0) is 24.6 Å². The van der Waals surface area contributed by atoms with E-state index < -0.39 is 6.10 Å². The van der Waals surface area contributed by atoms with Gasteiger partial charge in [-0.25, -0.2) is 0 Å². The van der Waals surface area contributed by atoms with E-state index >= 15 is 0 Å². The normalized spacial score (nSPS) is 18.6. The molecule has 2 N–H and O–H groups in total. The van der Waals surface area contributed by atoms with Crippen molar-refractivity contribution in [3.8, 4) is 5.75 Å². The number of anilines is 1. The van der Waals surface area contributed by atoms with Crippen LogP contribution in [0, 0.1) is 0 Å². The molecular weight excluding hydrogens is 280 g/mol. The first-order chi connectivity index (χ1) is 9.70. The molecule has 1 heterocycles. The van der Waals surface area contributed by atoms with E-state index in [9.17, 15) is 4.79 Å². The van der Waals surface area contributed by atoms with Gasteiger partial charge in [0.15, 0.2) is 0 Å². The van der Waals surface area contributed by atoms with Gasteiger partial charge in [-0.2, -0.15) is 0 Å². The van der Waals surface area contributed by atoms with Crippen LogP contribution in [0.4, 0.5) is 5.69 Å². The van der Waals surface area contributed by atoms with Crippen LogP contribution in [0.15, 0.2) is 18.2 Å². The maximum Gasteiger partial charge on any atom is 0.254 e. The maximum absolute atomic E-state index is 12.0. The number of hydrogen-bond donors (Lipinski definition) is 2. The Balaban J connectivity index is 1.95. The van der Waals surface area contributed by atoms with Crippen molar-refractivity contribution >= 4 is 23.2 Å². The van der Waals surface area contributed by atoms with E-state index in [0.717, 1.165) is 13.0 Å². The number of halogens is 1. The molecule has 1 aliphatic rings. The summed E-state index contributed by atoms with van der Waals surface area (Å²) in [6, 6.07) is 5.21. The molecule has 1 aromatic carbocycles. The molecular formula is C14H19ClN2O3. The van der Waals surface area contributed by atoms with Crippen molar-refractivity contribution in [1.82, 2.24) is 5.32 Å². The van der Waals surface area contributed by atoms with Crippen LogP contribution in [0.1, 0.15) is 13.3 Å². The number of amides is 1. The monoisotopic (exact) mass is 298 g/mol. The van der Waals surface area contributed by atoms with Gasteiger partial charge in [-0.15, -0.1) is 0 Å². The van der Waals surface area contributed by atoms with Crippen LogP contribution in [0.25, 0.3) is 0 Å². The molecule has 0 bridgehead atoms. The Morgan fingerprint density at radius 2 is 2.45 bits per heavy atom. The third-order valence-corrected chi connectivity index (χ3v) is 3.18. The molecule has 0 aliphatic carbocycles. The van der Waals surface area contributed by atoms with Gasteiger partial charge in [0.1, 0.15) is 11.9 Å². The summed E-state index contributed by atoms with van der Waals surface area (Å²) in [5.74, 6) is 0.456. The molecule has 2 rings (SSSR count). The molecule has 110 valence electrons. The predicted octanol–water partition coefficient (Wildman–Crippen LogP) is 2.06. The first-order valence-electron chi connectivity index (χ1n) is 6.76. The van der Waals surface area contributed by atoms with Gasteiger partial charge in [-0.3, -0.25) is 4.79 Å². The minimum absolute atomic E-state index is 0.171. The third kappa shape index (κ3) is 4.10. The van der Waals surface area contributed by atoms with Crippen molar-refractivity contribution in [2.75, 3.05) is 31.6 Å². The lowest BCUT2D eigenvalue weighted by atomic mass is 10.2. The fourth-order valence-corrected chi connectivity index (χ4v) is 2.10. The van der Waals surface area contributed by atoms with Gasteiger partial charge in [0.05, 0.1) is 18.2 Å². The Kier molecular flexibility index (Phi) is 5.64. The molecule has 0 aromatic heterocycles. The molecule has 1 saturated heterocycles. The van der Waals surface area contributed by atoms with E-state index in [1.807, 2.05) is 6.92 Å². The SMILES string of the molecule is CCCOc1ccc(NC(=O)C2CNCCO2)cc1Cl. The number of hydrogen-bond acceptors (Lipinski definition) is 4. The van der Waals surface area contributed by atoms with Crippen molar-refractivity contribution in [3.63, 3.8) is 0 Å². The van der Waals surface area contributed by atoms with E-state index in [1.54, 1.807) is 18.2 Å². The predicted molar refractivity (Wildman–Crippen MR) is 78.5 cm³/mol. The standard InChI is InChI=1S/C14H19ClN2O3/c1-2-6-19-12-4-3-10(8-11(12)15)17-14(18)13-9-16-5-7-20-13/h3-4,8,13,16H,2,5-7,9H2,1H3,(H,17,18). The van der Waals surface area contributed by atoms with Crippen LogP contribution < -0.4 is 15.4 Å². The zero-order valence-corrected chi connectivity index (χ0v) is 12.2. The van der Waals surface area contributed by atoms with E-state index in [-0.39, 0.29) is 5.91 Å². The zero-order chi connectivity index (χ0) is 14.4. The maximum atomic E-state index is 12.0. The van der Waals surface area contributed by atoms with Gasteiger partial charge >= 0.3 is 0 Å². The second-order valence-electron chi connectivity index (χ2n) is 4.55. The average Bonchev–Trinajstić information content (AvgIpc) is 2.47. The summed E-state index contributed by atoms with van der Waals surface area (Å²) in [5, 5.41) is 6.39. The number of rotatable bonds is 5. The van der Waals surface area contributed by atoms with Crippen molar-refractivity contribution < 1.29 is 14.3 Å². The molecule has 0 spiro atoms. The molecule has 1 amide bonds. The van der Waals surface area contributed by atoms with Crippen molar-refractivity contribution in [1.29, 1.82) is 0 Å². The Morgan fingerprint density at radius 1 is 1.60 bits per heavy atom. The van der Waals surface area contributed by atoms with Crippen molar-refractivity contribution in [2.24, 2.45) is 0 Å². The number of morpholine rings is 1. The quantitative estimate of drug-likeness (QED) is 0.873. The molecule has 1 aromatic rings. The highest BCUT2D eigenvalue weighted by molar-refractivity contribution is 6.32. The van der Waals surface area contributed by atoms with Gasteiger partial charge in [-0.1, -0.05) is 18.5 Å². The molecule has 6 heteroatoms. The van der Waals surface area contributed by atoms with Crippen LogP contribution in [0.2, 0.25) is 5.02 Å². The van der Waals surface area contributed by atoms with Crippen LogP contribution in [-0.4, -0.2) is 38.3 Å². The minimum atomic E-state index is -0.460. The summed E-state index contributed by atoms with van der Waals surface area (Å²) in [6.45, 7) is 4.49. The Hall–Kier alpha value is -1.30. The lowest BCUT2D eigenvalue weighted by Crippen LogP contribution is -2.45. The molecule has 5 nitrogen and oxygen atoms in total. The van der Waals surface area contributed by atoms with Crippen LogP contribution in [0.5, 0.6) is 5.75 Å².